The average molecular weight is 327 g/mol. The van der Waals surface area contributed by atoms with Crippen molar-refractivity contribution >= 4 is 45.3 Å². The van der Waals surface area contributed by atoms with Crippen molar-refractivity contribution in [1.82, 2.24) is 4.98 Å². The maximum absolute atomic E-state index is 12.2. The fourth-order valence-electron chi connectivity index (χ4n) is 2.47. The molecule has 1 fully saturated rings. The molecule has 2 heterocycles. The van der Waals surface area contributed by atoms with Crippen LogP contribution in [0.3, 0.4) is 0 Å². The highest BCUT2D eigenvalue weighted by atomic mass is 35.5. The van der Waals surface area contributed by atoms with Crippen molar-refractivity contribution in [2.24, 2.45) is 5.92 Å². The third kappa shape index (κ3) is 3.22. The molecule has 0 saturated heterocycles. The third-order valence-electron chi connectivity index (χ3n) is 3.54. The van der Waals surface area contributed by atoms with Crippen LogP contribution in [0.4, 0.5) is 5.13 Å². The van der Waals surface area contributed by atoms with Crippen LogP contribution in [0.2, 0.25) is 4.34 Å². The molecular weight excluding hydrogens is 312 g/mol. The number of thiophene rings is 1. The number of hydrogen-bond donors (Lipinski definition) is 1. The predicted molar refractivity (Wildman–Crippen MR) is 85.6 cm³/mol. The fraction of sp³-hybridized carbons (Fsp3) is 0.429. The molecule has 1 N–H and O–H groups in total. The zero-order chi connectivity index (χ0) is 13.9. The van der Waals surface area contributed by atoms with Gasteiger partial charge in [-0.15, -0.1) is 22.7 Å². The number of hydrogen-bond acceptors (Lipinski definition) is 4. The number of amides is 1. The Kier molecular flexibility index (Phi) is 4.38. The lowest BCUT2D eigenvalue weighted by Gasteiger charge is -2.19. The zero-order valence-electron chi connectivity index (χ0n) is 10.9. The molecular formula is C14H15ClN2OS2. The van der Waals surface area contributed by atoms with Gasteiger partial charge in [0.25, 0.3) is 0 Å². The molecule has 3 rings (SSSR count). The number of anilines is 1. The van der Waals surface area contributed by atoms with Gasteiger partial charge in [-0.1, -0.05) is 30.9 Å². The van der Waals surface area contributed by atoms with E-state index in [-0.39, 0.29) is 11.8 Å². The van der Waals surface area contributed by atoms with Gasteiger partial charge in [0.05, 0.1) is 14.9 Å². The number of nitrogens with one attached hydrogen (secondary N) is 1. The molecule has 0 unspecified atom stereocenters. The Morgan fingerprint density at radius 1 is 1.30 bits per heavy atom. The van der Waals surface area contributed by atoms with Crippen LogP contribution in [0, 0.1) is 5.92 Å². The molecule has 1 amide bonds. The number of nitrogens with zero attached hydrogens (tertiary/aromatic N) is 1. The number of carbonyl (C=O) groups is 1. The Hall–Kier alpha value is -0.910. The normalized spacial score (nSPS) is 16.2. The first-order chi connectivity index (χ1) is 9.72. The van der Waals surface area contributed by atoms with E-state index < -0.39 is 0 Å². The van der Waals surface area contributed by atoms with E-state index in [0.717, 1.165) is 40.6 Å². The topological polar surface area (TPSA) is 42.0 Å². The summed E-state index contributed by atoms with van der Waals surface area (Å²) in [6.45, 7) is 0. The van der Waals surface area contributed by atoms with E-state index in [1.807, 2.05) is 17.5 Å². The second-order valence-corrected chi connectivity index (χ2v) is 7.54. The van der Waals surface area contributed by atoms with Gasteiger partial charge in [-0.05, 0) is 25.0 Å². The fourth-order valence-corrected chi connectivity index (χ4v) is 4.26. The minimum absolute atomic E-state index is 0.120. The van der Waals surface area contributed by atoms with Gasteiger partial charge >= 0.3 is 0 Å². The summed E-state index contributed by atoms with van der Waals surface area (Å²) in [6.07, 6.45) is 5.59. The smallest absolute Gasteiger partial charge is 0.229 e. The van der Waals surface area contributed by atoms with Crippen LogP contribution in [0.1, 0.15) is 32.1 Å². The van der Waals surface area contributed by atoms with Crippen molar-refractivity contribution < 1.29 is 4.79 Å². The summed E-state index contributed by atoms with van der Waals surface area (Å²) in [5.41, 5.74) is 0.880. The first-order valence-corrected chi connectivity index (χ1v) is 8.82. The molecule has 106 valence electrons. The van der Waals surface area contributed by atoms with Crippen LogP contribution in [-0.4, -0.2) is 10.9 Å². The Bertz CT molecular complexity index is 602. The number of thiazole rings is 1. The van der Waals surface area contributed by atoms with Crippen LogP contribution in [0.5, 0.6) is 0 Å². The van der Waals surface area contributed by atoms with Crippen LogP contribution in [0.25, 0.3) is 10.6 Å². The quantitative estimate of drug-likeness (QED) is 0.858. The first kappa shape index (κ1) is 14.0. The summed E-state index contributed by atoms with van der Waals surface area (Å²) < 4.78 is 0.751. The second kappa shape index (κ2) is 6.24. The lowest BCUT2D eigenvalue weighted by molar-refractivity contribution is -0.120. The standard InChI is InChI=1S/C14H15ClN2OS2/c15-12-7-6-11(20-12)10-8-19-14(16-10)17-13(18)9-4-2-1-3-5-9/h6-9H,1-5H2,(H,16,17,18). The molecule has 1 aliphatic rings. The van der Waals surface area contributed by atoms with E-state index in [1.165, 1.54) is 29.1 Å². The predicted octanol–water partition coefficient (Wildman–Crippen LogP) is 5.04. The van der Waals surface area contributed by atoms with Gasteiger partial charge in [-0.3, -0.25) is 4.79 Å². The molecule has 2 aromatic heterocycles. The average Bonchev–Trinajstić information content (AvgIpc) is 3.09. The molecule has 2 aromatic rings. The molecule has 0 radical (unpaired) electrons. The maximum Gasteiger partial charge on any atom is 0.229 e. The molecule has 0 atom stereocenters. The van der Waals surface area contributed by atoms with E-state index >= 15 is 0 Å². The molecule has 0 aromatic carbocycles. The van der Waals surface area contributed by atoms with E-state index in [9.17, 15) is 4.79 Å². The highest BCUT2D eigenvalue weighted by molar-refractivity contribution is 7.20. The summed E-state index contributed by atoms with van der Waals surface area (Å²) >= 11 is 8.89. The van der Waals surface area contributed by atoms with Crippen molar-refractivity contribution in [2.45, 2.75) is 32.1 Å². The van der Waals surface area contributed by atoms with Crippen molar-refractivity contribution in [1.29, 1.82) is 0 Å². The number of carbonyl (C=O) groups excluding carboxylic acids is 1. The van der Waals surface area contributed by atoms with Crippen LogP contribution >= 0.6 is 34.3 Å². The second-order valence-electron chi connectivity index (χ2n) is 4.97. The van der Waals surface area contributed by atoms with Crippen molar-refractivity contribution in [3.05, 3.63) is 21.8 Å². The molecule has 6 heteroatoms. The van der Waals surface area contributed by atoms with Gasteiger partial charge in [0, 0.05) is 11.3 Å². The SMILES string of the molecule is O=C(Nc1nc(-c2ccc(Cl)s2)cs1)C1CCCCC1. The number of halogens is 1. The van der Waals surface area contributed by atoms with Gasteiger partial charge in [0.15, 0.2) is 5.13 Å². The molecule has 1 aliphatic carbocycles. The molecule has 0 spiro atoms. The third-order valence-corrected chi connectivity index (χ3v) is 5.55. The van der Waals surface area contributed by atoms with Gasteiger partial charge in [-0.25, -0.2) is 4.98 Å². The van der Waals surface area contributed by atoms with Gasteiger partial charge in [0.2, 0.25) is 5.91 Å². The molecule has 0 aliphatic heterocycles. The summed E-state index contributed by atoms with van der Waals surface area (Å²) in [4.78, 5) is 17.7. The highest BCUT2D eigenvalue weighted by Crippen LogP contribution is 2.33. The number of rotatable bonds is 3. The summed E-state index contributed by atoms with van der Waals surface area (Å²) in [5, 5.41) is 5.59. The monoisotopic (exact) mass is 326 g/mol. The first-order valence-electron chi connectivity index (χ1n) is 6.74. The molecule has 0 bridgehead atoms. The van der Waals surface area contributed by atoms with Crippen LogP contribution in [0.15, 0.2) is 17.5 Å². The molecule has 20 heavy (non-hydrogen) atoms. The Morgan fingerprint density at radius 2 is 2.10 bits per heavy atom. The summed E-state index contributed by atoms with van der Waals surface area (Å²) in [7, 11) is 0. The van der Waals surface area contributed by atoms with Gasteiger partial charge in [-0.2, -0.15) is 0 Å². The van der Waals surface area contributed by atoms with E-state index in [2.05, 4.69) is 10.3 Å². The zero-order valence-corrected chi connectivity index (χ0v) is 13.3. The van der Waals surface area contributed by atoms with E-state index in [0.29, 0.717) is 5.13 Å². The molecule has 1 saturated carbocycles. The summed E-state index contributed by atoms with van der Waals surface area (Å²) in [5.74, 6) is 0.280. The molecule has 3 nitrogen and oxygen atoms in total. The lowest BCUT2D eigenvalue weighted by atomic mass is 9.89. The van der Waals surface area contributed by atoms with E-state index in [1.54, 1.807) is 0 Å². The van der Waals surface area contributed by atoms with Crippen molar-refractivity contribution in [3.8, 4) is 10.6 Å². The van der Waals surface area contributed by atoms with Crippen LogP contribution in [-0.2, 0) is 4.79 Å². The van der Waals surface area contributed by atoms with Gasteiger partial charge in [0.1, 0.15) is 0 Å². The van der Waals surface area contributed by atoms with Crippen LogP contribution < -0.4 is 5.32 Å². The largest absolute Gasteiger partial charge is 0.302 e. The maximum atomic E-state index is 12.2. The van der Waals surface area contributed by atoms with Crippen molar-refractivity contribution in [3.63, 3.8) is 0 Å². The Labute approximate surface area is 131 Å². The lowest BCUT2D eigenvalue weighted by Crippen LogP contribution is -2.24. The highest BCUT2D eigenvalue weighted by Gasteiger charge is 2.22. The van der Waals surface area contributed by atoms with E-state index in [4.69, 9.17) is 11.6 Å². The van der Waals surface area contributed by atoms with Gasteiger partial charge < -0.3 is 5.32 Å². The Morgan fingerprint density at radius 3 is 2.80 bits per heavy atom. The minimum atomic E-state index is 0.120. The summed E-state index contributed by atoms with van der Waals surface area (Å²) in [6, 6.07) is 3.82. The Balaban J connectivity index is 1.66. The minimum Gasteiger partial charge on any atom is -0.302 e. The van der Waals surface area contributed by atoms with Crippen molar-refractivity contribution in [2.75, 3.05) is 5.32 Å². The number of aromatic nitrogens is 1.